The highest BCUT2D eigenvalue weighted by Crippen LogP contribution is 2.39. The molecule has 1 atom stereocenters. The number of thiophene rings is 1. The summed E-state index contributed by atoms with van der Waals surface area (Å²) in [5, 5.41) is 2.87. The molecule has 4 N–H and O–H groups in total. The van der Waals surface area contributed by atoms with Crippen molar-refractivity contribution in [1.82, 2.24) is 9.97 Å². The third kappa shape index (κ3) is 2.98. The Kier molecular flexibility index (Phi) is 4.13. The van der Waals surface area contributed by atoms with Crippen LogP contribution in [-0.2, 0) is 6.42 Å². The highest BCUT2D eigenvalue weighted by Gasteiger charge is 2.25. The van der Waals surface area contributed by atoms with E-state index in [0.717, 1.165) is 38.2 Å². The first kappa shape index (κ1) is 15.4. The fourth-order valence-corrected chi connectivity index (χ4v) is 4.46. The van der Waals surface area contributed by atoms with Crippen molar-refractivity contribution < 1.29 is 4.74 Å². The molecule has 0 spiro atoms. The maximum Gasteiger partial charge on any atom is 0.221 e. The molecule has 1 aliphatic rings. The first-order chi connectivity index (χ1) is 11.7. The Morgan fingerprint density at radius 1 is 1.25 bits per heavy atom. The van der Waals surface area contributed by atoms with E-state index in [1.54, 1.807) is 23.1 Å². The summed E-state index contributed by atoms with van der Waals surface area (Å²) in [5.41, 5.74) is 14.6. The van der Waals surface area contributed by atoms with Crippen LogP contribution in [0.1, 0.15) is 5.56 Å². The van der Waals surface area contributed by atoms with Gasteiger partial charge in [-0.25, -0.2) is 9.97 Å². The largest absolute Gasteiger partial charge is 0.488 e. The molecular formula is C17H16N4OS2. The highest BCUT2D eigenvalue weighted by atomic mass is 32.2. The SMILES string of the molecule is NC[C@@H]1Cc2cccc(-c3cc(Sc4cccs4)nc(N)n3)c2O1. The lowest BCUT2D eigenvalue weighted by Gasteiger charge is -2.11. The van der Waals surface area contributed by atoms with E-state index >= 15 is 0 Å². The number of nitrogens with two attached hydrogens (primary N) is 2. The van der Waals surface area contributed by atoms with Crippen LogP contribution in [0.2, 0.25) is 0 Å². The lowest BCUT2D eigenvalue weighted by atomic mass is 10.0. The fraction of sp³-hybridized carbons (Fsp3) is 0.176. The van der Waals surface area contributed by atoms with Crippen molar-refractivity contribution in [2.45, 2.75) is 21.8 Å². The van der Waals surface area contributed by atoms with Crippen molar-refractivity contribution in [2.24, 2.45) is 5.73 Å². The highest BCUT2D eigenvalue weighted by molar-refractivity contribution is 8.01. The Labute approximate surface area is 148 Å². The van der Waals surface area contributed by atoms with Gasteiger partial charge in [-0.05, 0) is 29.1 Å². The minimum absolute atomic E-state index is 0.0281. The molecule has 1 aromatic carbocycles. The van der Waals surface area contributed by atoms with Gasteiger partial charge in [-0.15, -0.1) is 11.3 Å². The summed E-state index contributed by atoms with van der Waals surface area (Å²) in [6.07, 6.45) is 0.858. The molecule has 24 heavy (non-hydrogen) atoms. The number of fused-ring (bicyclic) bond motifs is 1. The molecule has 0 saturated carbocycles. The van der Waals surface area contributed by atoms with E-state index in [0.29, 0.717) is 6.54 Å². The molecular weight excluding hydrogens is 340 g/mol. The van der Waals surface area contributed by atoms with E-state index in [1.807, 2.05) is 29.6 Å². The van der Waals surface area contributed by atoms with Crippen molar-refractivity contribution >= 4 is 29.0 Å². The second-order valence-electron chi connectivity index (χ2n) is 5.46. The third-order valence-electron chi connectivity index (χ3n) is 3.79. The lowest BCUT2D eigenvalue weighted by Crippen LogP contribution is -2.24. The zero-order valence-electron chi connectivity index (χ0n) is 12.8. The van der Waals surface area contributed by atoms with Crippen LogP contribution in [0.25, 0.3) is 11.3 Å². The number of anilines is 1. The molecule has 122 valence electrons. The number of para-hydroxylation sites is 1. The van der Waals surface area contributed by atoms with Gasteiger partial charge in [-0.1, -0.05) is 30.0 Å². The number of benzene rings is 1. The van der Waals surface area contributed by atoms with Crippen molar-refractivity contribution in [1.29, 1.82) is 0 Å². The Morgan fingerprint density at radius 2 is 2.17 bits per heavy atom. The quantitative estimate of drug-likeness (QED) is 0.698. The molecule has 2 aromatic heterocycles. The normalized spacial score (nSPS) is 16.0. The van der Waals surface area contributed by atoms with Gasteiger partial charge in [0.25, 0.3) is 0 Å². The molecule has 1 aliphatic heterocycles. The van der Waals surface area contributed by atoms with E-state index in [1.165, 1.54) is 0 Å². The molecule has 0 saturated heterocycles. The van der Waals surface area contributed by atoms with Gasteiger partial charge in [0, 0.05) is 18.5 Å². The molecule has 0 amide bonds. The minimum atomic E-state index is 0.0281. The predicted octanol–water partition coefficient (Wildman–Crippen LogP) is 3.20. The monoisotopic (exact) mass is 356 g/mol. The van der Waals surface area contributed by atoms with Gasteiger partial charge in [-0.2, -0.15) is 0 Å². The Hall–Kier alpha value is -2.09. The van der Waals surface area contributed by atoms with Crippen LogP contribution in [0.4, 0.5) is 5.95 Å². The number of nitrogens with zero attached hydrogens (tertiary/aromatic N) is 2. The molecule has 0 radical (unpaired) electrons. The Bertz CT molecular complexity index is 867. The molecule has 0 fully saturated rings. The molecule has 5 nitrogen and oxygen atoms in total. The molecule has 0 aliphatic carbocycles. The van der Waals surface area contributed by atoms with Gasteiger partial charge in [-0.3, -0.25) is 0 Å². The van der Waals surface area contributed by atoms with Gasteiger partial charge in [0.15, 0.2) is 0 Å². The molecule has 0 unspecified atom stereocenters. The van der Waals surface area contributed by atoms with Gasteiger partial charge >= 0.3 is 0 Å². The van der Waals surface area contributed by atoms with Crippen LogP contribution < -0.4 is 16.2 Å². The van der Waals surface area contributed by atoms with Crippen LogP contribution in [-0.4, -0.2) is 22.6 Å². The van der Waals surface area contributed by atoms with E-state index in [-0.39, 0.29) is 12.1 Å². The molecule has 7 heteroatoms. The summed E-state index contributed by atoms with van der Waals surface area (Å²) >= 11 is 3.25. The van der Waals surface area contributed by atoms with Crippen molar-refractivity contribution in [3.63, 3.8) is 0 Å². The van der Waals surface area contributed by atoms with E-state index in [4.69, 9.17) is 16.2 Å². The standard InChI is InChI=1S/C17H16N4OS2/c18-9-11-7-10-3-1-4-12(16(10)22-11)13-8-14(21-17(19)20-13)24-15-5-2-6-23-15/h1-6,8,11H,7,9,18H2,(H2,19,20,21)/t11-/m0/s1. The maximum absolute atomic E-state index is 6.00. The first-order valence-corrected chi connectivity index (χ1v) is 9.27. The Balaban J connectivity index is 1.73. The van der Waals surface area contributed by atoms with Crippen LogP contribution in [0.5, 0.6) is 5.75 Å². The summed E-state index contributed by atoms with van der Waals surface area (Å²) in [5.74, 6) is 1.12. The molecule has 4 rings (SSSR count). The number of nitrogen functional groups attached to an aromatic ring is 1. The number of hydrogen-bond acceptors (Lipinski definition) is 7. The average Bonchev–Trinajstić information content (AvgIpc) is 3.22. The maximum atomic E-state index is 6.00. The van der Waals surface area contributed by atoms with Crippen molar-refractivity contribution in [3.05, 3.63) is 47.3 Å². The lowest BCUT2D eigenvalue weighted by molar-refractivity contribution is 0.242. The summed E-state index contributed by atoms with van der Waals surface area (Å²) in [6.45, 7) is 0.500. The first-order valence-electron chi connectivity index (χ1n) is 7.58. The third-order valence-corrected chi connectivity index (χ3v) is 5.74. The average molecular weight is 356 g/mol. The second-order valence-corrected chi connectivity index (χ2v) is 7.73. The van der Waals surface area contributed by atoms with E-state index in [2.05, 4.69) is 22.1 Å². The van der Waals surface area contributed by atoms with Gasteiger partial charge in [0.1, 0.15) is 16.9 Å². The van der Waals surface area contributed by atoms with E-state index in [9.17, 15) is 0 Å². The minimum Gasteiger partial charge on any atom is -0.488 e. The summed E-state index contributed by atoms with van der Waals surface area (Å²) < 4.78 is 7.16. The summed E-state index contributed by atoms with van der Waals surface area (Å²) in [6, 6.07) is 12.1. The summed E-state index contributed by atoms with van der Waals surface area (Å²) in [7, 11) is 0. The molecule has 3 aromatic rings. The van der Waals surface area contributed by atoms with Gasteiger partial charge in [0.2, 0.25) is 5.95 Å². The van der Waals surface area contributed by atoms with Gasteiger partial charge in [0.05, 0.1) is 9.90 Å². The molecule has 0 bridgehead atoms. The van der Waals surface area contributed by atoms with Crippen molar-refractivity contribution in [2.75, 3.05) is 12.3 Å². The fourth-order valence-electron chi connectivity index (χ4n) is 2.73. The second kappa shape index (κ2) is 6.43. The number of hydrogen-bond donors (Lipinski definition) is 2. The van der Waals surface area contributed by atoms with Crippen LogP contribution in [0, 0.1) is 0 Å². The van der Waals surface area contributed by atoms with Gasteiger partial charge < -0.3 is 16.2 Å². The number of ether oxygens (including phenoxy) is 1. The Morgan fingerprint density at radius 3 is 2.96 bits per heavy atom. The zero-order chi connectivity index (χ0) is 16.5. The van der Waals surface area contributed by atoms with E-state index < -0.39 is 0 Å². The smallest absolute Gasteiger partial charge is 0.221 e. The topological polar surface area (TPSA) is 87.0 Å². The predicted molar refractivity (Wildman–Crippen MR) is 97.5 cm³/mol. The van der Waals surface area contributed by atoms with Crippen LogP contribution in [0.3, 0.4) is 0 Å². The molecule has 3 heterocycles. The van der Waals surface area contributed by atoms with Crippen LogP contribution in [0.15, 0.2) is 51.0 Å². The van der Waals surface area contributed by atoms with Crippen molar-refractivity contribution in [3.8, 4) is 17.0 Å². The zero-order valence-corrected chi connectivity index (χ0v) is 14.4. The number of rotatable bonds is 4. The summed E-state index contributed by atoms with van der Waals surface area (Å²) in [4.78, 5) is 8.74. The number of aromatic nitrogens is 2. The van der Waals surface area contributed by atoms with Crippen LogP contribution >= 0.6 is 23.1 Å².